The second-order valence-electron chi connectivity index (χ2n) is 4.82. The van der Waals surface area contributed by atoms with Crippen molar-refractivity contribution in [1.29, 1.82) is 0 Å². The Hall–Kier alpha value is -2.53. The lowest BCUT2D eigenvalue weighted by Gasteiger charge is -1.97. The van der Waals surface area contributed by atoms with E-state index in [9.17, 15) is 9.18 Å². The van der Waals surface area contributed by atoms with E-state index in [0.29, 0.717) is 16.2 Å². The molecule has 5 heteroatoms. The lowest BCUT2D eigenvalue weighted by Crippen LogP contribution is -2.18. The first kappa shape index (κ1) is 19.5. The molecule has 1 heterocycles. The number of carbonyl (C=O) groups is 1. The highest BCUT2D eigenvalue weighted by Gasteiger charge is 2.07. The highest BCUT2D eigenvalue weighted by atomic mass is 32.1. The van der Waals surface area contributed by atoms with E-state index in [1.165, 1.54) is 23.5 Å². The molecular weight excluding hydrogens is 323 g/mol. The Kier molecular flexibility index (Phi) is 7.79. The zero-order valence-electron chi connectivity index (χ0n) is 14.1. The van der Waals surface area contributed by atoms with Crippen molar-refractivity contribution < 1.29 is 9.18 Å². The van der Waals surface area contributed by atoms with Gasteiger partial charge in [-0.1, -0.05) is 43.5 Å². The van der Waals surface area contributed by atoms with Gasteiger partial charge in [0.05, 0.1) is 4.88 Å². The van der Waals surface area contributed by atoms with Crippen molar-refractivity contribution in [2.45, 2.75) is 13.8 Å². The predicted octanol–water partition coefficient (Wildman–Crippen LogP) is 4.85. The van der Waals surface area contributed by atoms with E-state index in [-0.39, 0.29) is 11.7 Å². The van der Waals surface area contributed by atoms with Gasteiger partial charge in [0.15, 0.2) is 0 Å². The van der Waals surface area contributed by atoms with Gasteiger partial charge < -0.3 is 5.32 Å². The van der Waals surface area contributed by atoms with Crippen molar-refractivity contribution in [1.82, 2.24) is 10.3 Å². The number of thiazole rings is 1. The molecule has 0 spiro atoms. The Bertz CT molecular complexity index is 751. The molecule has 0 aliphatic rings. The second-order valence-corrected chi connectivity index (χ2v) is 5.85. The molecule has 0 bridgehead atoms. The maximum atomic E-state index is 13.4. The number of rotatable bonds is 7. The van der Waals surface area contributed by atoms with Crippen LogP contribution in [0.25, 0.3) is 11.1 Å². The minimum absolute atomic E-state index is 0.128. The summed E-state index contributed by atoms with van der Waals surface area (Å²) in [6, 6.07) is 0. The van der Waals surface area contributed by atoms with Crippen LogP contribution >= 0.6 is 11.3 Å². The molecule has 0 radical (unpaired) electrons. The fourth-order valence-electron chi connectivity index (χ4n) is 1.66. The minimum Gasteiger partial charge on any atom is -0.355 e. The molecule has 0 unspecified atom stereocenters. The largest absolute Gasteiger partial charge is 0.355 e. The molecule has 1 aromatic rings. The minimum atomic E-state index is -0.338. The quantitative estimate of drug-likeness (QED) is 0.567. The summed E-state index contributed by atoms with van der Waals surface area (Å²) >= 11 is 1.40. The van der Waals surface area contributed by atoms with Crippen LogP contribution in [0.2, 0.25) is 0 Å². The molecule has 3 nitrogen and oxygen atoms in total. The van der Waals surface area contributed by atoms with E-state index in [1.54, 1.807) is 51.4 Å². The molecule has 0 saturated heterocycles. The van der Waals surface area contributed by atoms with Crippen molar-refractivity contribution in [3.63, 3.8) is 0 Å². The Labute approximate surface area is 146 Å². The molecule has 0 atom stereocenters. The van der Waals surface area contributed by atoms with Crippen LogP contribution in [-0.4, -0.2) is 17.9 Å². The average Bonchev–Trinajstić information content (AvgIpc) is 3.08. The van der Waals surface area contributed by atoms with Crippen LogP contribution in [0, 0.1) is 0 Å². The number of likely N-dealkylation sites (N-methyl/N-ethyl adjacent to an activating group) is 1. The molecule has 126 valence electrons. The number of nitrogens with one attached hydrogen (secondary N) is 1. The fourth-order valence-corrected chi connectivity index (χ4v) is 2.54. The van der Waals surface area contributed by atoms with E-state index < -0.39 is 0 Å². The number of hydrogen-bond acceptors (Lipinski definition) is 3. The van der Waals surface area contributed by atoms with Crippen LogP contribution in [-0.2, 0) is 4.79 Å². The molecule has 1 N–H and O–H groups in total. The standard InChI is InChI=1S/C19H21FN2OS/c1-6-15(11-16(20)7-2)19-22-12-17(24-19)13(3)9-8-10-14(4)18(23)21-5/h6-12H,1,3H2,2,4-5H3,(H,21,23)/b9-8-,14-10+,15-11+,16-7+. The lowest BCUT2D eigenvalue weighted by atomic mass is 10.2. The number of aromatic nitrogens is 1. The summed E-state index contributed by atoms with van der Waals surface area (Å²) < 4.78 is 13.4. The van der Waals surface area contributed by atoms with Gasteiger partial charge in [-0.05, 0) is 25.5 Å². The third-order valence-corrected chi connectivity index (χ3v) is 4.21. The van der Waals surface area contributed by atoms with Crippen LogP contribution in [0.15, 0.2) is 67.2 Å². The zero-order valence-corrected chi connectivity index (χ0v) is 14.9. The fraction of sp³-hybridized carbons (Fsp3) is 0.158. The molecule has 0 fully saturated rings. The average molecular weight is 344 g/mol. The third kappa shape index (κ3) is 5.59. The van der Waals surface area contributed by atoms with Gasteiger partial charge in [0, 0.05) is 24.4 Å². The molecule has 0 aliphatic heterocycles. The topological polar surface area (TPSA) is 42.0 Å². The van der Waals surface area contributed by atoms with E-state index in [4.69, 9.17) is 0 Å². The maximum Gasteiger partial charge on any atom is 0.246 e. The molecule has 1 aromatic heterocycles. The van der Waals surface area contributed by atoms with E-state index in [0.717, 1.165) is 10.5 Å². The van der Waals surface area contributed by atoms with Gasteiger partial charge in [-0.3, -0.25) is 4.79 Å². The summed E-state index contributed by atoms with van der Waals surface area (Å²) in [4.78, 5) is 16.5. The Balaban J connectivity index is 2.92. The number of nitrogens with zero attached hydrogens (tertiary/aromatic N) is 1. The third-order valence-electron chi connectivity index (χ3n) is 3.09. The van der Waals surface area contributed by atoms with Crippen LogP contribution in [0.5, 0.6) is 0 Å². The Morgan fingerprint density at radius 1 is 1.46 bits per heavy atom. The summed E-state index contributed by atoms with van der Waals surface area (Å²) in [6.07, 6.45) is 11.3. The molecule has 24 heavy (non-hydrogen) atoms. The van der Waals surface area contributed by atoms with Crippen molar-refractivity contribution in [2.24, 2.45) is 0 Å². The van der Waals surface area contributed by atoms with Gasteiger partial charge in [-0.25, -0.2) is 9.37 Å². The zero-order chi connectivity index (χ0) is 18.1. The number of carbonyl (C=O) groups excluding carboxylic acids is 1. The number of amides is 1. The van der Waals surface area contributed by atoms with E-state index >= 15 is 0 Å². The van der Waals surface area contributed by atoms with Crippen LogP contribution in [0.3, 0.4) is 0 Å². The molecule has 1 rings (SSSR count). The van der Waals surface area contributed by atoms with Crippen molar-refractivity contribution in [3.8, 4) is 0 Å². The predicted molar refractivity (Wildman–Crippen MR) is 101 cm³/mol. The summed E-state index contributed by atoms with van der Waals surface area (Å²) in [6.45, 7) is 11.0. The van der Waals surface area contributed by atoms with Crippen molar-refractivity contribution in [2.75, 3.05) is 7.05 Å². The van der Waals surface area contributed by atoms with E-state index in [2.05, 4.69) is 23.5 Å². The van der Waals surface area contributed by atoms with Crippen molar-refractivity contribution in [3.05, 3.63) is 77.1 Å². The Morgan fingerprint density at radius 3 is 2.75 bits per heavy atom. The van der Waals surface area contributed by atoms with Gasteiger partial charge in [0.25, 0.3) is 0 Å². The highest BCUT2D eigenvalue weighted by molar-refractivity contribution is 7.13. The lowest BCUT2D eigenvalue weighted by molar-refractivity contribution is -0.116. The monoisotopic (exact) mass is 344 g/mol. The number of halogens is 1. The smallest absolute Gasteiger partial charge is 0.246 e. The van der Waals surface area contributed by atoms with Crippen LogP contribution < -0.4 is 5.32 Å². The SMILES string of the molecule is C=C/C(=C\C(F)=C/C)c1ncc(C(=C)/C=C\C=C(/C)C(=O)NC)s1. The number of hydrogen-bond donors (Lipinski definition) is 1. The summed E-state index contributed by atoms with van der Waals surface area (Å²) in [5, 5.41) is 3.22. The van der Waals surface area contributed by atoms with E-state index in [1.807, 2.05) is 0 Å². The highest BCUT2D eigenvalue weighted by Crippen LogP contribution is 2.28. The first-order valence-corrected chi connectivity index (χ1v) is 8.13. The van der Waals surface area contributed by atoms with Gasteiger partial charge in [0.2, 0.25) is 5.91 Å². The Morgan fingerprint density at radius 2 is 2.17 bits per heavy atom. The number of allylic oxidation sites excluding steroid dienone is 9. The first-order valence-electron chi connectivity index (χ1n) is 7.31. The molecule has 0 saturated carbocycles. The first-order chi connectivity index (χ1) is 11.4. The molecular formula is C19H21FN2OS. The molecule has 0 aromatic carbocycles. The normalized spacial score (nSPS) is 13.2. The summed E-state index contributed by atoms with van der Waals surface area (Å²) in [5.41, 5.74) is 1.98. The van der Waals surface area contributed by atoms with Crippen molar-refractivity contribution >= 4 is 28.4 Å². The molecule has 0 aliphatic carbocycles. The van der Waals surface area contributed by atoms with Gasteiger partial charge in [0.1, 0.15) is 10.8 Å². The van der Waals surface area contributed by atoms with Gasteiger partial charge >= 0.3 is 0 Å². The second kappa shape index (κ2) is 9.57. The summed E-state index contributed by atoms with van der Waals surface area (Å²) in [7, 11) is 1.59. The van der Waals surface area contributed by atoms with Gasteiger partial charge in [-0.2, -0.15) is 0 Å². The van der Waals surface area contributed by atoms with Crippen LogP contribution in [0.1, 0.15) is 23.7 Å². The van der Waals surface area contributed by atoms with Gasteiger partial charge in [-0.15, -0.1) is 11.3 Å². The van der Waals surface area contributed by atoms with Crippen LogP contribution in [0.4, 0.5) is 4.39 Å². The summed E-state index contributed by atoms with van der Waals surface area (Å²) in [5.74, 6) is -0.465. The molecule has 1 amide bonds. The maximum absolute atomic E-state index is 13.4.